The van der Waals surface area contributed by atoms with Gasteiger partial charge in [-0.1, -0.05) is 5.16 Å². The van der Waals surface area contributed by atoms with Crippen molar-refractivity contribution in [2.75, 3.05) is 7.11 Å². The smallest absolute Gasteiger partial charge is 0.115 e. The molecule has 1 aromatic carbocycles. The van der Waals surface area contributed by atoms with Gasteiger partial charge < -0.3 is 9.94 Å². The highest BCUT2D eigenvalue weighted by atomic mass is 16.6. The zero-order valence-corrected chi connectivity index (χ0v) is 8.03. The maximum Gasteiger partial charge on any atom is 0.115 e. The molecule has 13 heavy (non-hydrogen) atoms. The molecule has 70 valence electrons. The fraction of sp³-hybridized carbons (Fsp3) is 0.300. The Balaban J connectivity index is 3.09. The number of aromatic hydroxyl groups is 1. The molecule has 0 aromatic heterocycles. The van der Waals surface area contributed by atoms with E-state index < -0.39 is 0 Å². The first-order chi connectivity index (χ1) is 6.15. The van der Waals surface area contributed by atoms with E-state index in [-0.39, 0.29) is 5.75 Å². The lowest BCUT2D eigenvalue weighted by molar-refractivity contribution is 0.213. The monoisotopic (exact) mass is 179 g/mol. The lowest BCUT2D eigenvalue weighted by atomic mass is 10.1. The van der Waals surface area contributed by atoms with E-state index >= 15 is 0 Å². The van der Waals surface area contributed by atoms with Crippen LogP contribution in [0.2, 0.25) is 0 Å². The fourth-order valence-corrected chi connectivity index (χ4v) is 1.24. The van der Waals surface area contributed by atoms with E-state index in [1.54, 1.807) is 12.1 Å². The van der Waals surface area contributed by atoms with E-state index in [0.717, 1.165) is 16.8 Å². The first-order valence-corrected chi connectivity index (χ1v) is 4.03. The van der Waals surface area contributed by atoms with Crippen molar-refractivity contribution in [1.29, 1.82) is 0 Å². The summed E-state index contributed by atoms with van der Waals surface area (Å²) < 4.78 is 0. The summed E-state index contributed by atoms with van der Waals surface area (Å²) in [7, 11) is 1.51. The van der Waals surface area contributed by atoms with Crippen molar-refractivity contribution >= 4 is 5.71 Å². The summed E-state index contributed by atoms with van der Waals surface area (Å²) in [6, 6.07) is 5.16. The highest BCUT2D eigenvalue weighted by Crippen LogP contribution is 2.16. The molecule has 0 atom stereocenters. The number of benzene rings is 1. The second kappa shape index (κ2) is 3.94. The first kappa shape index (κ1) is 9.58. The Morgan fingerprint density at radius 2 is 2.15 bits per heavy atom. The van der Waals surface area contributed by atoms with Gasteiger partial charge in [-0.2, -0.15) is 0 Å². The number of phenolic OH excluding ortho intramolecular Hbond substituents is 1. The molecule has 0 fully saturated rings. The topological polar surface area (TPSA) is 41.8 Å². The molecule has 0 unspecified atom stereocenters. The number of hydrogen-bond acceptors (Lipinski definition) is 3. The Bertz CT molecular complexity index is 332. The zero-order chi connectivity index (χ0) is 9.84. The van der Waals surface area contributed by atoms with Crippen molar-refractivity contribution in [2.45, 2.75) is 13.8 Å². The molecule has 1 N–H and O–H groups in total. The number of hydrogen-bond donors (Lipinski definition) is 1. The molecule has 1 rings (SSSR count). The van der Waals surface area contributed by atoms with Crippen LogP contribution in [0.3, 0.4) is 0 Å². The quantitative estimate of drug-likeness (QED) is 0.557. The Morgan fingerprint density at radius 1 is 1.46 bits per heavy atom. The summed E-state index contributed by atoms with van der Waals surface area (Å²) in [6.07, 6.45) is 0. The summed E-state index contributed by atoms with van der Waals surface area (Å²) in [5.41, 5.74) is 2.78. The van der Waals surface area contributed by atoms with Crippen LogP contribution in [0.25, 0.3) is 0 Å². The third kappa shape index (κ3) is 2.21. The van der Waals surface area contributed by atoms with E-state index in [9.17, 15) is 5.11 Å². The first-order valence-electron chi connectivity index (χ1n) is 4.03. The van der Waals surface area contributed by atoms with Gasteiger partial charge in [0.1, 0.15) is 12.9 Å². The predicted molar refractivity (Wildman–Crippen MR) is 52.1 cm³/mol. The van der Waals surface area contributed by atoms with Crippen molar-refractivity contribution < 1.29 is 9.94 Å². The summed E-state index contributed by atoms with van der Waals surface area (Å²) in [6.45, 7) is 3.78. The van der Waals surface area contributed by atoms with Crippen LogP contribution in [0.1, 0.15) is 18.1 Å². The van der Waals surface area contributed by atoms with Crippen molar-refractivity contribution in [3.63, 3.8) is 0 Å². The Morgan fingerprint density at radius 3 is 2.69 bits per heavy atom. The number of nitrogens with zero attached hydrogens (tertiary/aromatic N) is 1. The molecule has 0 heterocycles. The van der Waals surface area contributed by atoms with Crippen LogP contribution in [0.15, 0.2) is 23.4 Å². The minimum atomic E-state index is 0.270. The molecule has 0 aliphatic rings. The Labute approximate surface area is 77.6 Å². The van der Waals surface area contributed by atoms with Crippen molar-refractivity contribution in [2.24, 2.45) is 5.16 Å². The van der Waals surface area contributed by atoms with Gasteiger partial charge in [-0.3, -0.25) is 0 Å². The lowest BCUT2D eigenvalue weighted by Crippen LogP contribution is -1.98. The second-order valence-corrected chi connectivity index (χ2v) is 2.86. The third-order valence-electron chi connectivity index (χ3n) is 1.83. The van der Waals surface area contributed by atoms with Crippen LogP contribution in [-0.4, -0.2) is 17.9 Å². The standard InChI is InChI=1S/C10H13NO2/c1-7-6-9(12)4-5-10(7)8(2)11-13-3/h4-6,12H,1-3H3. The summed E-state index contributed by atoms with van der Waals surface area (Å²) in [4.78, 5) is 4.67. The second-order valence-electron chi connectivity index (χ2n) is 2.86. The van der Waals surface area contributed by atoms with Crippen LogP contribution < -0.4 is 0 Å². The van der Waals surface area contributed by atoms with Gasteiger partial charge in [0.15, 0.2) is 0 Å². The maximum atomic E-state index is 9.18. The molecular formula is C10H13NO2. The van der Waals surface area contributed by atoms with E-state index in [1.165, 1.54) is 7.11 Å². The number of rotatable bonds is 2. The molecular weight excluding hydrogens is 166 g/mol. The highest BCUT2D eigenvalue weighted by Gasteiger charge is 2.02. The van der Waals surface area contributed by atoms with Gasteiger partial charge in [-0.15, -0.1) is 0 Å². The molecule has 0 bridgehead atoms. The molecule has 3 heteroatoms. The maximum absolute atomic E-state index is 9.18. The number of oxime groups is 1. The van der Waals surface area contributed by atoms with Crippen LogP contribution in [0.4, 0.5) is 0 Å². The van der Waals surface area contributed by atoms with Crippen LogP contribution in [0.5, 0.6) is 5.75 Å². The lowest BCUT2D eigenvalue weighted by Gasteiger charge is -2.04. The molecule has 0 aliphatic carbocycles. The molecule has 0 saturated heterocycles. The van der Waals surface area contributed by atoms with E-state index in [2.05, 4.69) is 9.99 Å². The average molecular weight is 179 g/mol. The minimum Gasteiger partial charge on any atom is -0.508 e. The van der Waals surface area contributed by atoms with Crippen LogP contribution in [-0.2, 0) is 4.84 Å². The van der Waals surface area contributed by atoms with Gasteiger partial charge in [-0.05, 0) is 37.6 Å². The van der Waals surface area contributed by atoms with E-state index in [1.807, 2.05) is 19.9 Å². The molecule has 0 saturated carbocycles. The van der Waals surface area contributed by atoms with Crippen molar-refractivity contribution in [1.82, 2.24) is 0 Å². The predicted octanol–water partition coefficient (Wildman–Crippen LogP) is 2.07. The Kier molecular flexibility index (Phi) is 2.90. The average Bonchev–Trinajstić information content (AvgIpc) is 2.04. The fourth-order valence-electron chi connectivity index (χ4n) is 1.24. The van der Waals surface area contributed by atoms with Gasteiger partial charge in [0.05, 0.1) is 5.71 Å². The van der Waals surface area contributed by atoms with E-state index in [4.69, 9.17) is 0 Å². The minimum absolute atomic E-state index is 0.270. The molecule has 0 amide bonds. The van der Waals surface area contributed by atoms with E-state index in [0.29, 0.717) is 0 Å². The van der Waals surface area contributed by atoms with Gasteiger partial charge >= 0.3 is 0 Å². The van der Waals surface area contributed by atoms with Gasteiger partial charge in [0.2, 0.25) is 0 Å². The van der Waals surface area contributed by atoms with Crippen molar-refractivity contribution in [3.05, 3.63) is 29.3 Å². The molecule has 0 radical (unpaired) electrons. The summed E-state index contributed by atoms with van der Waals surface area (Å²) >= 11 is 0. The summed E-state index contributed by atoms with van der Waals surface area (Å²) in [5.74, 6) is 0.270. The molecule has 0 spiro atoms. The SMILES string of the molecule is CON=C(C)c1ccc(O)cc1C. The largest absolute Gasteiger partial charge is 0.508 e. The number of phenols is 1. The molecule has 3 nitrogen and oxygen atoms in total. The summed E-state index contributed by atoms with van der Waals surface area (Å²) in [5, 5.41) is 13.0. The Hall–Kier alpha value is -1.51. The third-order valence-corrected chi connectivity index (χ3v) is 1.83. The van der Waals surface area contributed by atoms with Gasteiger partial charge in [-0.25, -0.2) is 0 Å². The van der Waals surface area contributed by atoms with Crippen LogP contribution in [0, 0.1) is 6.92 Å². The molecule has 1 aromatic rings. The highest BCUT2D eigenvalue weighted by molar-refractivity contribution is 5.99. The molecule has 0 aliphatic heterocycles. The van der Waals surface area contributed by atoms with Crippen molar-refractivity contribution in [3.8, 4) is 5.75 Å². The van der Waals surface area contributed by atoms with Gasteiger partial charge in [0, 0.05) is 5.56 Å². The van der Waals surface area contributed by atoms with Crippen LogP contribution >= 0.6 is 0 Å². The van der Waals surface area contributed by atoms with Gasteiger partial charge in [0.25, 0.3) is 0 Å². The normalized spacial score (nSPS) is 11.5. The number of aryl methyl sites for hydroxylation is 1. The zero-order valence-electron chi connectivity index (χ0n) is 8.03.